The van der Waals surface area contributed by atoms with Crippen molar-refractivity contribution in [3.05, 3.63) is 83.8 Å². The minimum absolute atomic E-state index is 0.188. The molecule has 0 radical (unpaired) electrons. The molecular weight excluding hydrogens is 442 g/mol. The van der Waals surface area contributed by atoms with E-state index in [4.69, 9.17) is 4.42 Å². The standard InChI is InChI=1S/C24H25N3O5S/c1-17-9-11-20(12-10-17)33(30,31)27-13-3-7-21(27)23(28)25-16-18-5-2-6-19(15-18)26-24(29)22-8-4-14-32-22/h2,4-6,8-12,14-15,21H,3,7,13,16H2,1H3,(H,25,28)(H,26,29)/t21-/m0/s1. The number of nitrogens with zero attached hydrogens (tertiary/aromatic N) is 1. The zero-order valence-corrected chi connectivity index (χ0v) is 19.0. The molecular formula is C24H25N3O5S. The number of carbonyl (C=O) groups excluding carboxylic acids is 2. The van der Waals surface area contributed by atoms with Gasteiger partial charge in [0.25, 0.3) is 5.91 Å². The quantitative estimate of drug-likeness (QED) is 0.554. The van der Waals surface area contributed by atoms with Gasteiger partial charge in [-0.1, -0.05) is 29.8 Å². The lowest BCUT2D eigenvalue weighted by Gasteiger charge is -2.23. The Morgan fingerprint density at radius 1 is 1.09 bits per heavy atom. The van der Waals surface area contributed by atoms with Gasteiger partial charge in [0.2, 0.25) is 15.9 Å². The molecule has 0 saturated carbocycles. The molecule has 0 unspecified atom stereocenters. The van der Waals surface area contributed by atoms with Gasteiger partial charge in [-0.2, -0.15) is 4.31 Å². The predicted octanol–water partition coefficient (Wildman–Crippen LogP) is 3.31. The number of nitrogens with one attached hydrogen (secondary N) is 2. The second-order valence-electron chi connectivity index (χ2n) is 7.94. The van der Waals surface area contributed by atoms with Crippen LogP contribution in [0.3, 0.4) is 0 Å². The first-order valence-electron chi connectivity index (χ1n) is 10.6. The summed E-state index contributed by atoms with van der Waals surface area (Å²) >= 11 is 0. The van der Waals surface area contributed by atoms with Crippen LogP contribution in [0.2, 0.25) is 0 Å². The van der Waals surface area contributed by atoms with E-state index < -0.39 is 16.1 Å². The molecule has 1 aliphatic rings. The maximum Gasteiger partial charge on any atom is 0.291 e. The highest BCUT2D eigenvalue weighted by Crippen LogP contribution is 2.26. The fraction of sp³-hybridized carbons (Fsp3) is 0.250. The molecule has 9 heteroatoms. The van der Waals surface area contributed by atoms with Crippen molar-refractivity contribution in [2.45, 2.75) is 37.2 Å². The number of hydrogen-bond donors (Lipinski definition) is 2. The van der Waals surface area contributed by atoms with Crippen LogP contribution in [-0.4, -0.2) is 37.1 Å². The second-order valence-corrected chi connectivity index (χ2v) is 9.83. The van der Waals surface area contributed by atoms with Crippen molar-refractivity contribution in [1.82, 2.24) is 9.62 Å². The third-order valence-corrected chi connectivity index (χ3v) is 7.45. The van der Waals surface area contributed by atoms with Crippen LogP contribution >= 0.6 is 0 Å². The van der Waals surface area contributed by atoms with Gasteiger partial charge in [0.05, 0.1) is 11.2 Å². The van der Waals surface area contributed by atoms with Crippen LogP contribution < -0.4 is 10.6 Å². The normalized spacial score (nSPS) is 16.5. The predicted molar refractivity (Wildman–Crippen MR) is 123 cm³/mol. The fourth-order valence-electron chi connectivity index (χ4n) is 3.80. The van der Waals surface area contributed by atoms with Gasteiger partial charge >= 0.3 is 0 Å². The molecule has 0 bridgehead atoms. The second kappa shape index (κ2) is 9.60. The van der Waals surface area contributed by atoms with Crippen molar-refractivity contribution in [2.75, 3.05) is 11.9 Å². The topological polar surface area (TPSA) is 109 Å². The van der Waals surface area contributed by atoms with Crippen molar-refractivity contribution in [2.24, 2.45) is 0 Å². The average molecular weight is 468 g/mol. The van der Waals surface area contributed by atoms with Crippen molar-refractivity contribution < 1.29 is 22.4 Å². The summed E-state index contributed by atoms with van der Waals surface area (Å²) in [5.41, 5.74) is 2.30. The van der Waals surface area contributed by atoms with Crippen LogP contribution in [-0.2, 0) is 21.4 Å². The van der Waals surface area contributed by atoms with E-state index in [1.54, 1.807) is 54.6 Å². The first kappa shape index (κ1) is 22.8. The van der Waals surface area contributed by atoms with Crippen molar-refractivity contribution in [3.63, 3.8) is 0 Å². The van der Waals surface area contributed by atoms with E-state index in [0.717, 1.165) is 11.1 Å². The molecule has 2 amide bonds. The average Bonchev–Trinajstić information content (AvgIpc) is 3.51. The molecule has 4 rings (SSSR count). The molecule has 172 valence electrons. The lowest BCUT2D eigenvalue weighted by atomic mass is 10.1. The number of sulfonamides is 1. The minimum atomic E-state index is -3.76. The van der Waals surface area contributed by atoms with Crippen LogP contribution in [0, 0.1) is 6.92 Å². The molecule has 2 aromatic carbocycles. The number of amides is 2. The Morgan fingerprint density at radius 2 is 1.88 bits per heavy atom. The summed E-state index contributed by atoms with van der Waals surface area (Å²) in [4.78, 5) is 25.2. The summed E-state index contributed by atoms with van der Waals surface area (Å²) in [7, 11) is -3.76. The van der Waals surface area contributed by atoms with Gasteiger partial charge in [0, 0.05) is 18.8 Å². The summed E-state index contributed by atoms with van der Waals surface area (Å²) in [5, 5.41) is 5.58. The van der Waals surface area contributed by atoms with E-state index in [0.29, 0.717) is 25.1 Å². The Morgan fingerprint density at radius 3 is 2.61 bits per heavy atom. The highest BCUT2D eigenvalue weighted by Gasteiger charge is 2.39. The summed E-state index contributed by atoms with van der Waals surface area (Å²) in [6, 6.07) is 16.1. The Kier molecular flexibility index (Phi) is 6.62. The van der Waals surface area contributed by atoms with Crippen molar-refractivity contribution in [1.29, 1.82) is 0 Å². The summed E-state index contributed by atoms with van der Waals surface area (Å²) in [5.74, 6) is -0.512. The first-order valence-corrected chi connectivity index (χ1v) is 12.1. The molecule has 2 heterocycles. The summed E-state index contributed by atoms with van der Waals surface area (Å²) in [6.45, 7) is 2.40. The van der Waals surface area contributed by atoms with Crippen LogP contribution in [0.15, 0.2) is 76.2 Å². The number of furan rings is 1. The number of anilines is 1. The van der Waals surface area contributed by atoms with Gasteiger partial charge in [-0.05, 0) is 61.7 Å². The van der Waals surface area contributed by atoms with Crippen LogP contribution in [0.4, 0.5) is 5.69 Å². The van der Waals surface area contributed by atoms with Gasteiger partial charge in [-0.15, -0.1) is 0 Å². The molecule has 1 atom stereocenters. The summed E-state index contributed by atoms with van der Waals surface area (Å²) in [6.07, 6.45) is 2.51. The zero-order chi connectivity index (χ0) is 23.4. The van der Waals surface area contributed by atoms with Gasteiger partial charge in [0.15, 0.2) is 5.76 Å². The number of aryl methyl sites for hydroxylation is 1. The van der Waals surface area contributed by atoms with Gasteiger partial charge < -0.3 is 15.1 Å². The molecule has 2 N–H and O–H groups in total. The SMILES string of the molecule is Cc1ccc(S(=O)(=O)N2CCC[C@H]2C(=O)NCc2cccc(NC(=O)c3ccco3)c2)cc1. The molecule has 0 spiro atoms. The number of hydrogen-bond acceptors (Lipinski definition) is 5. The van der Waals surface area contributed by atoms with E-state index in [9.17, 15) is 18.0 Å². The first-order chi connectivity index (χ1) is 15.8. The number of rotatable bonds is 7. The van der Waals surface area contributed by atoms with Gasteiger partial charge in [-0.3, -0.25) is 9.59 Å². The Balaban J connectivity index is 1.40. The minimum Gasteiger partial charge on any atom is -0.459 e. The van der Waals surface area contributed by atoms with E-state index in [-0.39, 0.29) is 29.0 Å². The van der Waals surface area contributed by atoms with E-state index in [1.807, 2.05) is 13.0 Å². The van der Waals surface area contributed by atoms with Crippen LogP contribution in [0.5, 0.6) is 0 Å². The summed E-state index contributed by atoms with van der Waals surface area (Å²) < 4.78 is 32.5. The lowest BCUT2D eigenvalue weighted by molar-refractivity contribution is -0.124. The highest BCUT2D eigenvalue weighted by atomic mass is 32.2. The molecule has 1 saturated heterocycles. The van der Waals surface area contributed by atoms with Crippen molar-refractivity contribution in [3.8, 4) is 0 Å². The van der Waals surface area contributed by atoms with E-state index in [1.165, 1.54) is 10.6 Å². The van der Waals surface area contributed by atoms with Crippen LogP contribution in [0.25, 0.3) is 0 Å². The Bertz CT molecular complexity index is 1240. The number of benzene rings is 2. The maximum absolute atomic E-state index is 13.1. The largest absolute Gasteiger partial charge is 0.459 e. The van der Waals surface area contributed by atoms with Gasteiger partial charge in [-0.25, -0.2) is 8.42 Å². The zero-order valence-electron chi connectivity index (χ0n) is 18.2. The molecule has 33 heavy (non-hydrogen) atoms. The number of carbonyl (C=O) groups is 2. The van der Waals surface area contributed by atoms with E-state index in [2.05, 4.69) is 10.6 Å². The molecule has 3 aromatic rings. The Labute approximate surface area is 192 Å². The molecule has 0 aliphatic carbocycles. The van der Waals surface area contributed by atoms with Gasteiger partial charge in [0.1, 0.15) is 6.04 Å². The highest BCUT2D eigenvalue weighted by molar-refractivity contribution is 7.89. The smallest absolute Gasteiger partial charge is 0.291 e. The third-order valence-electron chi connectivity index (χ3n) is 5.53. The van der Waals surface area contributed by atoms with Crippen molar-refractivity contribution >= 4 is 27.5 Å². The molecule has 1 fully saturated rings. The fourth-order valence-corrected chi connectivity index (χ4v) is 5.46. The molecule has 8 nitrogen and oxygen atoms in total. The Hall–Kier alpha value is -3.43. The third kappa shape index (κ3) is 5.15. The van der Waals surface area contributed by atoms with Crippen LogP contribution in [0.1, 0.15) is 34.5 Å². The maximum atomic E-state index is 13.1. The monoisotopic (exact) mass is 467 g/mol. The molecule has 1 aliphatic heterocycles. The lowest BCUT2D eigenvalue weighted by Crippen LogP contribution is -2.45. The molecule has 1 aromatic heterocycles. The van der Waals surface area contributed by atoms with E-state index >= 15 is 0 Å².